The number of nitrogens with zero attached hydrogens (tertiary/aromatic N) is 2. The van der Waals surface area contributed by atoms with Crippen molar-refractivity contribution in [2.45, 2.75) is 32.7 Å². The molecular weight excluding hydrogens is 348 g/mol. The summed E-state index contributed by atoms with van der Waals surface area (Å²) in [6, 6.07) is 9.28. The zero-order valence-corrected chi connectivity index (χ0v) is 16.0. The lowest BCUT2D eigenvalue weighted by atomic mass is 10.1. The summed E-state index contributed by atoms with van der Waals surface area (Å²) in [6.45, 7) is 4.15. The van der Waals surface area contributed by atoms with Crippen molar-refractivity contribution < 1.29 is 14.4 Å². The average molecular weight is 370 g/mol. The van der Waals surface area contributed by atoms with Crippen LogP contribution in [0.15, 0.2) is 35.7 Å². The second-order valence-electron chi connectivity index (χ2n) is 6.61. The highest BCUT2D eigenvalue weighted by molar-refractivity contribution is 7.10. The van der Waals surface area contributed by atoms with Gasteiger partial charge in [-0.15, -0.1) is 11.3 Å². The Balaban J connectivity index is 1.56. The average Bonchev–Trinajstić information content (AvgIpc) is 3.23. The number of thiophene rings is 1. The molecule has 0 unspecified atom stereocenters. The monoisotopic (exact) mass is 370 g/mol. The molecule has 0 radical (unpaired) electrons. The third-order valence-corrected chi connectivity index (χ3v) is 5.87. The number of aryl methyl sites for hydroxylation is 1. The fourth-order valence-electron chi connectivity index (χ4n) is 3.11. The van der Waals surface area contributed by atoms with Gasteiger partial charge in [0.1, 0.15) is 0 Å². The Morgan fingerprint density at radius 1 is 1.19 bits per heavy atom. The van der Waals surface area contributed by atoms with Gasteiger partial charge < -0.3 is 4.90 Å². The van der Waals surface area contributed by atoms with E-state index < -0.39 is 0 Å². The maximum absolute atomic E-state index is 12.4. The number of benzene rings is 1. The molecule has 1 atom stereocenters. The minimum absolute atomic E-state index is 0.0124. The van der Waals surface area contributed by atoms with Crippen LogP contribution < -0.4 is 0 Å². The molecule has 0 saturated heterocycles. The molecule has 5 nitrogen and oxygen atoms in total. The van der Waals surface area contributed by atoms with E-state index in [4.69, 9.17) is 0 Å². The minimum atomic E-state index is -0.266. The molecule has 3 amide bonds. The van der Waals surface area contributed by atoms with Crippen LogP contribution in [-0.4, -0.2) is 41.1 Å². The molecule has 6 heteroatoms. The summed E-state index contributed by atoms with van der Waals surface area (Å²) in [5.74, 6) is -0.516. The van der Waals surface area contributed by atoms with Crippen LogP contribution in [0.1, 0.15) is 57.0 Å². The molecule has 0 spiro atoms. The molecule has 2 aromatic rings. The zero-order chi connectivity index (χ0) is 18.8. The van der Waals surface area contributed by atoms with Crippen molar-refractivity contribution in [3.63, 3.8) is 0 Å². The summed E-state index contributed by atoms with van der Waals surface area (Å²) >= 11 is 1.62. The summed E-state index contributed by atoms with van der Waals surface area (Å²) < 4.78 is 0. The highest BCUT2D eigenvalue weighted by Gasteiger charge is 2.35. The van der Waals surface area contributed by atoms with Crippen molar-refractivity contribution in [3.05, 3.63) is 57.3 Å². The highest BCUT2D eigenvalue weighted by atomic mass is 32.1. The number of carbonyl (C=O) groups is 3. The smallest absolute Gasteiger partial charge is 0.261 e. The van der Waals surface area contributed by atoms with Crippen LogP contribution in [0.3, 0.4) is 0 Å². The number of amides is 3. The van der Waals surface area contributed by atoms with Crippen molar-refractivity contribution in [1.29, 1.82) is 0 Å². The van der Waals surface area contributed by atoms with Crippen LogP contribution in [0.5, 0.6) is 0 Å². The maximum atomic E-state index is 12.4. The predicted octanol–water partition coefficient (Wildman–Crippen LogP) is 3.65. The highest BCUT2D eigenvalue weighted by Crippen LogP contribution is 2.26. The van der Waals surface area contributed by atoms with E-state index in [0.29, 0.717) is 24.0 Å². The Kier molecular flexibility index (Phi) is 5.23. The second-order valence-corrected chi connectivity index (χ2v) is 7.59. The molecule has 1 aromatic heterocycles. The van der Waals surface area contributed by atoms with Gasteiger partial charge in [0, 0.05) is 24.9 Å². The van der Waals surface area contributed by atoms with Gasteiger partial charge in [-0.1, -0.05) is 17.7 Å². The molecule has 136 valence electrons. The van der Waals surface area contributed by atoms with Crippen molar-refractivity contribution in [2.24, 2.45) is 0 Å². The molecule has 0 N–H and O–H groups in total. The molecule has 1 aromatic carbocycles. The van der Waals surface area contributed by atoms with E-state index in [1.165, 1.54) is 4.90 Å². The summed E-state index contributed by atoms with van der Waals surface area (Å²) in [4.78, 5) is 41.4. The zero-order valence-electron chi connectivity index (χ0n) is 15.2. The van der Waals surface area contributed by atoms with Gasteiger partial charge in [-0.3, -0.25) is 19.3 Å². The Bertz CT molecular complexity index is 845. The van der Waals surface area contributed by atoms with Crippen LogP contribution in [0, 0.1) is 6.92 Å². The lowest BCUT2D eigenvalue weighted by Crippen LogP contribution is -2.33. The Morgan fingerprint density at radius 2 is 1.92 bits per heavy atom. The van der Waals surface area contributed by atoms with Crippen molar-refractivity contribution in [2.75, 3.05) is 13.6 Å². The SMILES string of the molecule is Cc1ccc2c(c1)C(=O)N(CCCC(=O)N(C)[C@H](C)c1cccs1)C2=O. The Morgan fingerprint density at radius 3 is 2.62 bits per heavy atom. The van der Waals surface area contributed by atoms with Gasteiger partial charge in [0.2, 0.25) is 5.91 Å². The van der Waals surface area contributed by atoms with Crippen molar-refractivity contribution >= 4 is 29.1 Å². The van der Waals surface area contributed by atoms with Crippen molar-refractivity contribution in [3.8, 4) is 0 Å². The van der Waals surface area contributed by atoms with Gasteiger partial charge in [0.25, 0.3) is 11.8 Å². The minimum Gasteiger partial charge on any atom is -0.338 e. The Labute approximate surface area is 157 Å². The number of imide groups is 1. The molecule has 0 aliphatic carbocycles. The topological polar surface area (TPSA) is 57.7 Å². The van der Waals surface area contributed by atoms with Gasteiger partial charge in [0.15, 0.2) is 0 Å². The molecule has 1 aliphatic heterocycles. The molecule has 0 saturated carbocycles. The lowest BCUT2D eigenvalue weighted by molar-refractivity contribution is -0.131. The van der Waals surface area contributed by atoms with Crippen molar-refractivity contribution in [1.82, 2.24) is 9.80 Å². The molecule has 1 aliphatic rings. The molecule has 3 rings (SSSR count). The number of hydrogen-bond acceptors (Lipinski definition) is 4. The van der Waals surface area contributed by atoms with Crippen LogP contribution in [0.4, 0.5) is 0 Å². The number of carbonyl (C=O) groups excluding carboxylic acids is 3. The van der Waals surface area contributed by atoms with Crippen LogP contribution in [0.2, 0.25) is 0 Å². The van der Waals surface area contributed by atoms with E-state index in [0.717, 1.165) is 10.4 Å². The third-order valence-electron chi connectivity index (χ3n) is 4.83. The first kappa shape index (κ1) is 18.3. The van der Waals surface area contributed by atoms with E-state index in [2.05, 4.69) is 0 Å². The van der Waals surface area contributed by atoms with Gasteiger partial charge in [-0.25, -0.2) is 0 Å². The normalized spacial score (nSPS) is 14.5. The maximum Gasteiger partial charge on any atom is 0.261 e. The van der Waals surface area contributed by atoms with E-state index in [1.807, 2.05) is 37.4 Å². The van der Waals surface area contributed by atoms with E-state index in [1.54, 1.807) is 35.4 Å². The number of rotatable bonds is 6. The summed E-state index contributed by atoms with van der Waals surface area (Å²) in [5.41, 5.74) is 1.87. The van der Waals surface area contributed by atoms with E-state index in [-0.39, 0.29) is 30.3 Å². The van der Waals surface area contributed by atoms with Gasteiger partial charge in [-0.2, -0.15) is 0 Å². The van der Waals surface area contributed by atoms with E-state index in [9.17, 15) is 14.4 Å². The summed E-state index contributed by atoms with van der Waals surface area (Å²) in [5, 5.41) is 1.99. The van der Waals surface area contributed by atoms with Gasteiger partial charge >= 0.3 is 0 Å². The number of fused-ring (bicyclic) bond motifs is 1. The van der Waals surface area contributed by atoms with Crippen LogP contribution in [-0.2, 0) is 4.79 Å². The quantitative estimate of drug-likeness (QED) is 0.729. The summed E-state index contributed by atoms with van der Waals surface area (Å²) in [6.07, 6.45) is 0.767. The number of hydrogen-bond donors (Lipinski definition) is 0. The Hall–Kier alpha value is -2.47. The second kappa shape index (κ2) is 7.41. The van der Waals surface area contributed by atoms with E-state index >= 15 is 0 Å². The summed E-state index contributed by atoms with van der Waals surface area (Å²) in [7, 11) is 1.79. The molecule has 26 heavy (non-hydrogen) atoms. The fourth-order valence-corrected chi connectivity index (χ4v) is 3.93. The molecule has 2 heterocycles. The lowest BCUT2D eigenvalue weighted by Gasteiger charge is -2.24. The van der Waals surface area contributed by atoms with Crippen LogP contribution >= 0.6 is 11.3 Å². The molecule has 0 fully saturated rings. The first-order chi connectivity index (χ1) is 12.4. The van der Waals surface area contributed by atoms with Gasteiger partial charge in [-0.05, 0) is 43.8 Å². The van der Waals surface area contributed by atoms with Crippen LogP contribution in [0.25, 0.3) is 0 Å². The van der Waals surface area contributed by atoms with Gasteiger partial charge in [0.05, 0.1) is 17.2 Å². The molecule has 0 bridgehead atoms. The third kappa shape index (κ3) is 3.42. The first-order valence-corrected chi connectivity index (χ1v) is 9.54. The first-order valence-electron chi connectivity index (χ1n) is 8.66. The predicted molar refractivity (Wildman–Crippen MR) is 101 cm³/mol. The largest absolute Gasteiger partial charge is 0.338 e. The fraction of sp³-hybridized carbons (Fsp3) is 0.350. The standard InChI is InChI=1S/C20H22N2O3S/c1-13-8-9-15-16(12-13)20(25)22(19(15)24)10-4-7-18(23)21(3)14(2)17-6-5-11-26-17/h5-6,8-9,11-12,14H,4,7,10H2,1-3H3/t14-/m1/s1. The molecular formula is C20H22N2O3S.